The molecular weight excluding hydrogens is 246 g/mol. The van der Waals surface area contributed by atoms with E-state index in [0.717, 1.165) is 0 Å². The van der Waals surface area contributed by atoms with Crippen LogP contribution >= 0.6 is 0 Å². The molecule has 3 rings (SSSR count). The first-order valence-electron chi connectivity index (χ1n) is 5.52. The molecule has 0 spiro atoms. The van der Waals surface area contributed by atoms with Crippen LogP contribution in [0.2, 0.25) is 0 Å². The van der Waals surface area contributed by atoms with Gasteiger partial charge in [-0.2, -0.15) is 5.10 Å². The molecule has 0 atom stereocenters. The molecule has 2 N–H and O–H groups in total. The average molecular weight is 255 g/mol. The van der Waals surface area contributed by atoms with Crippen LogP contribution in [0.25, 0.3) is 16.7 Å². The number of phenolic OH excluding ortho intramolecular Hbond substituents is 1. The maximum atomic E-state index is 11.2. The molecule has 3 aromatic rings. The van der Waals surface area contributed by atoms with Crippen molar-refractivity contribution in [3.8, 4) is 11.6 Å². The van der Waals surface area contributed by atoms with E-state index in [0.29, 0.717) is 10.9 Å². The van der Waals surface area contributed by atoms with E-state index in [1.54, 1.807) is 24.4 Å². The van der Waals surface area contributed by atoms with Crippen molar-refractivity contribution in [2.45, 2.75) is 0 Å². The summed E-state index contributed by atoms with van der Waals surface area (Å²) in [6.45, 7) is 0. The molecule has 0 saturated carbocycles. The lowest BCUT2D eigenvalue weighted by atomic mass is 10.2. The molecule has 1 aromatic carbocycles. The van der Waals surface area contributed by atoms with Gasteiger partial charge in [0, 0.05) is 11.6 Å². The van der Waals surface area contributed by atoms with E-state index < -0.39 is 5.97 Å². The molecule has 0 fully saturated rings. The second-order valence-electron chi connectivity index (χ2n) is 3.98. The highest BCUT2D eigenvalue weighted by Gasteiger charge is 2.15. The van der Waals surface area contributed by atoms with E-state index in [9.17, 15) is 9.90 Å². The smallest absolute Gasteiger partial charge is 0.339 e. The van der Waals surface area contributed by atoms with Crippen LogP contribution in [0.15, 0.2) is 42.7 Å². The topological polar surface area (TPSA) is 88.2 Å². The summed E-state index contributed by atoms with van der Waals surface area (Å²) >= 11 is 0. The summed E-state index contributed by atoms with van der Waals surface area (Å²) in [6.07, 6.45) is 3.06. The Hall–Kier alpha value is -2.89. The van der Waals surface area contributed by atoms with Gasteiger partial charge in [0.05, 0.1) is 11.7 Å². The fraction of sp³-hybridized carbons (Fsp3) is 0. The second kappa shape index (κ2) is 4.09. The third kappa shape index (κ3) is 1.79. The summed E-state index contributed by atoms with van der Waals surface area (Å²) in [5, 5.41) is 23.4. The van der Waals surface area contributed by atoms with Crippen molar-refractivity contribution >= 4 is 16.9 Å². The van der Waals surface area contributed by atoms with Crippen molar-refractivity contribution in [1.82, 2.24) is 14.8 Å². The second-order valence-corrected chi connectivity index (χ2v) is 3.98. The number of carboxylic acids is 1. The molecule has 0 saturated heterocycles. The number of fused-ring (bicyclic) bond motifs is 1. The molecule has 0 radical (unpaired) electrons. The van der Waals surface area contributed by atoms with Gasteiger partial charge in [-0.25, -0.2) is 14.5 Å². The Kier molecular flexibility index (Phi) is 2.42. The lowest BCUT2D eigenvalue weighted by Crippen LogP contribution is -2.08. The van der Waals surface area contributed by atoms with Crippen LogP contribution in [0.4, 0.5) is 0 Å². The normalized spacial score (nSPS) is 10.7. The largest absolute Gasteiger partial charge is 0.508 e. The van der Waals surface area contributed by atoms with Crippen LogP contribution in [0, 0.1) is 0 Å². The Labute approximate surface area is 107 Å². The molecular formula is C13H9N3O3. The fourth-order valence-corrected chi connectivity index (χ4v) is 1.92. The number of aromatic carboxylic acids is 1. The third-order valence-electron chi connectivity index (χ3n) is 2.77. The summed E-state index contributed by atoms with van der Waals surface area (Å²) in [7, 11) is 0. The number of benzene rings is 1. The van der Waals surface area contributed by atoms with Gasteiger partial charge in [-0.3, -0.25) is 0 Å². The van der Waals surface area contributed by atoms with Crippen molar-refractivity contribution in [2.24, 2.45) is 0 Å². The fourth-order valence-electron chi connectivity index (χ4n) is 1.92. The Morgan fingerprint density at radius 1 is 1.26 bits per heavy atom. The van der Waals surface area contributed by atoms with Gasteiger partial charge in [0.1, 0.15) is 11.3 Å². The molecule has 2 aromatic heterocycles. The minimum Gasteiger partial charge on any atom is -0.508 e. The Bertz CT molecular complexity index is 780. The quantitative estimate of drug-likeness (QED) is 0.729. The molecule has 94 valence electrons. The Morgan fingerprint density at radius 2 is 2.11 bits per heavy atom. The van der Waals surface area contributed by atoms with Gasteiger partial charge in [0.15, 0.2) is 5.82 Å². The lowest BCUT2D eigenvalue weighted by molar-refractivity contribution is 0.0696. The van der Waals surface area contributed by atoms with E-state index in [1.165, 1.54) is 23.0 Å². The molecule has 19 heavy (non-hydrogen) atoms. The molecule has 0 aliphatic carbocycles. The number of hydrogen-bond donors (Lipinski definition) is 2. The molecule has 2 heterocycles. The van der Waals surface area contributed by atoms with Crippen molar-refractivity contribution in [3.05, 3.63) is 48.3 Å². The number of pyridine rings is 1. The number of aromatic hydroxyl groups is 1. The predicted octanol–water partition coefficient (Wildman–Crippen LogP) is 1.82. The van der Waals surface area contributed by atoms with E-state index in [-0.39, 0.29) is 17.1 Å². The molecule has 0 aliphatic heterocycles. The number of phenols is 1. The summed E-state index contributed by atoms with van der Waals surface area (Å²) < 4.78 is 1.44. The van der Waals surface area contributed by atoms with E-state index in [2.05, 4.69) is 10.1 Å². The number of rotatable bonds is 2. The highest BCUT2D eigenvalue weighted by atomic mass is 16.4. The van der Waals surface area contributed by atoms with Gasteiger partial charge in [0.2, 0.25) is 0 Å². The number of nitrogens with zero attached hydrogens (tertiary/aromatic N) is 3. The van der Waals surface area contributed by atoms with Gasteiger partial charge in [-0.1, -0.05) is 0 Å². The predicted molar refractivity (Wildman–Crippen MR) is 67.5 cm³/mol. The van der Waals surface area contributed by atoms with Crippen LogP contribution in [-0.2, 0) is 0 Å². The number of hydrogen-bond acceptors (Lipinski definition) is 4. The average Bonchev–Trinajstić information content (AvgIpc) is 2.81. The minimum absolute atomic E-state index is 0.0700. The highest BCUT2D eigenvalue weighted by Crippen LogP contribution is 2.22. The standard InChI is InChI=1S/C13H9N3O3/c17-9-3-4-11-8(6-9)7-15-16(11)12-10(13(18)19)2-1-5-14-12/h1-7,17H,(H,18,19). The van der Waals surface area contributed by atoms with Crippen LogP contribution in [0.3, 0.4) is 0 Å². The van der Waals surface area contributed by atoms with Crippen LogP contribution < -0.4 is 0 Å². The van der Waals surface area contributed by atoms with Gasteiger partial charge in [-0.05, 0) is 30.3 Å². The van der Waals surface area contributed by atoms with E-state index in [1.807, 2.05) is 0 Å². The van der Waals surface area contributed by atoms with Crippen molar-refractivity contribution in [1.29, 1.82) is 0 Å². The van der Waals surface area contributed by atoms with Gasteiger partial charge >= 0.3 is 5.97 Å². The number of carboxylic acid groups (broad SMARTS) is 1. The molecule has 0 bridgehead atoms. The van der Waals surface area contributed by atoms with Crippen molar-refractivity contribution in [3.63, 3.8) is 0 Å². The van der Waals surface area contributed by atoms with Gasteiger partial charge < -0.3 is 10.2 Å². The first-order chi connectivity index (χ1) is 9.16. The molecule has 0 aliphatic rings. The van der Waals surface area contributed by atoms with Gasteiger partial charge in [0.25, 0.3) is 0 Å². The summed E-state index contributed by atoms with van der Waals surface area (Å²) in [5.41, 5.74) is 0.750. The van der Waals surface area contributed by atoms with Gasteiger partial charge in [-0.15, -0.1) is 0 Å². The number of aromatic nitrogens is 3. The summed E-state index contributed by atoms with van der Waals surface area (Å²) in [5.74, 6) is -0.687. The van der Waals surface area contributed by atoms with E-state index >= 15 is 0 Å². The van der Waals surface area contributed by atoms with Crippen LogP contribution in [0.5, 0.6) is 5.75 Å². The van der Waals surface area contributed by atoms with Crippen LogP contribution in [0.1, 0.15) is 10.4 Å². The Morgan fingerprint density at radius 3 is 2.89 bits per heavy atom. The first-order valence-corrected chi connectivity index (χ1v) is 5.52. The summed E-state index contributed by atoms with van der Waals surface area (Å²) in [6, 6.07) is 7.77. The molecule has 6 nitrogen and oxygen atoms in total. The highest BCUT2D eigenvalue weighted by molar-refractivity contribution is 5.92. The molecule has 0 unspecified atom stereocenters. The zero-order valence-electron chi connectivity index (χ0n) is 9.69. The SMILES string of the molecule is O=C(O)c1cccnc1-n1ncc2cc(O)ccc21. The zero-order chi connectivity index (χ0) is 13.4. The Balaban J connectivity index is 2.28. The van der Waals surface area contributed by atoms with Crippen LogP contribution in [-0.4, -0.2) is 30.9 Å². The maximum absolute atomic E-state index is 11.2. The zero-order valence-corrected chi connectivity index (χ0v) is 9.69. The van der Waals surface area contributed by atoms with Crippen molar-refractivity contribution < 1.29 is 15.0 Å². The number of carbonyl (C=O) groups is 1. The summed E-state index contributed by atoms with van der Waals surface area (Å²) in [4.78, 5) is 15.3. The first kappa shape index (κ1) is 11.2. The minimum atomic E-state index is -1.06. The lowest BCUT2D eigenvalue weighted by Gasteiger charge is -2.05. The molecule has 0 amide bonds. The van der Waals surface area contributed by atoms with E-state index in [4.69, 9.17) is 5.11 Å². The third-order valence-corrected chi connectivity index (χ3v) is 2.77. The van der Waals surface area contributed by atoms with Crippen molar-refractivity contribution in [2.75, 3.05) is 0 Å². The monoisotopic (exact) mass is 255 g/mol. The molecule has 6 heteroatoms. The maximum Gasteiger partial charge on any atom is 0.339 e.